The third kappa shape index (κ3) is 4.57. The topological polar surface area (TPSA) is 49.3 Å². The van der Waals surface area contributed by atoms with Crippen molar-refractivity contribution in [3.63, 3.8) is 0 Å². The SMILES string of the molecule is O=C(O)Cc1ccc(CNCCC2CC2)cc1. The highest BCUT2D eigenvalue weighted by molar-refractivity contribution is 5.70. The number of rotatable bonds is 7. The van der Waals surface area contributed by atoms with Gasteiger partial charge in [0.05, 0.1) is 6.42 Å². The first-order valence-corrected chi connectivity index (χ1v) is 6.24. The number of carboxylic acid groups (broad SMARTS) is 1. The summed E-state index contributed by atoms with van der Waals surface area (Å²) in [6, 6.07) is 7.79. The molecule has 17 heavy (non-hydrogen) atoms. The quantitative estimate of drug-likeness (QED) is 0.710. The van der Waals surface area contributed by atoms with Crippen LogP contribution in [0.25, 0.3) is 0 Å². The molecule has 3 nitrogen and oxygen atoms in total. The second kappa shape index (κ2) is 5.82. The van der Waals surface area contributed by atoms with Crippen LogP contribution in [0.4, 0.5) is 0 Å². The van der Waals surface area contributed by atoms with E-state index in [-0.39, 0.29) is 6.42 Å². The van der Waals surface area contributed by atoms with Gasteiger partial charge in [0.15, 0.2) is 0 Å². The van der Waals surface area contributed by atoms with Gasteiger partial charge in [0, 0.05) is 6.54 Å². The molecule has 1 aromatic carbocycles. The molecule has 0 atom stereocenters. The third-order valence-corrected chi connectivity index (χ3v) is 3.13. The van der Waals surface area contributed by atoms with Crippen molar-refractivity contribution in [1.82, 2.24) is 5.32 Å². The molecule has 2 rings (SSSR count). The molecule has 0 aromatic heterocycles. The number of aliphatic carboxylic acids is 1. The molecule has 1 saturated carbocycles. The fraction of sp³-hybridized carbons (Fsp3) is 0.500. The van der Waals surface area contributed by atoms with Gasteiger partial charge in [-0.05, 0) is 30.0 Å². The first-order chi connectivity index (χ1) is 8.24. The zero-order chi connectivity index (χ0) is 12.1. The summed E-state index contributed by atoms with van der Waals surface area (Å²) in [6.45, 7) is 1.96. The zero-order valence-corrected chi connectivity index (χ0v) is 9.98. The van der Waals surface area contributed by atoms with Gasteiger partial charge < -0.3 is 10.4 Å². The Labute approximate surface area is 102 Å². The van der Waals surface area contributed by atoms with Crippen LogP contribution in [0.3, 0.4) is 0 Å². The highest BCUT2D eigenvalue weighted by Crippen LogP contribution is 2.31. The summed E-state index contributed by atoms with van der Waals surface area (Å²) >= 11 is 0. The molecule has 3 heteroatoms. The van der Waals surface area contributed by atoms with E-state index in [2.05, 4.69) is 5.32 Å². The van der Waals surface area contributed by atoms with Crippen molar-refractivity contribution in [2.24, 2.45) is 5.92 Å². The molecule has 0 unspecified atom stereocenters. The van der Waals surface area contributed by atoms with Crippen LogP contribution in [0.15, 0.2) is 24.3 Å². The maximum Gasteiger partial charge on any atom is 0.307 e. The molecular weight excluding hydrogens is 214 g/mol. The van der Waals surface area contributed by atoms with Crippen molar-refractivity contribution in [2.45, 2.75) is 32.2 Å². The lowest BCUT2D eigenvalue weighted by Crippen LogP contribution is -2.15. The Morgan fingerprint density at radius 1 is 1.24 bits per heavy atom. The van der Waals surface area contributed by atoms with Crippen molar-refractivity contribution in [2.75, 3.05) is 6.54 Å². The minimum atomic E-state index is -0.777. The van der Waals surface area contributed by atoms with E-state index in [1.54, 1.807) is 0 Å². The third-order valence-electron chi connectivity index (χ3n) is 3.13. The van der Waals surface area contributed by atoms with Crippen LogP contribution < -0.4 is 5.32 Å². The van der Waals surface area contributed by atoms with Crippen molar-refractivity contribution in [3.05, 3.63) is 35.4 Å². The van der Waals surface area contributed by atoms with E-state index in [1.807, 2.05) is 24.3 Å². The van der Waals surface area contributed by atoms with Gasteiger partial charge in [-0.1, -0.05) is 37.1 Å². The molecule has 1 aliphatic rings. The molecule has 92 valence electrons. The molecule has 2 N–H and O–H groups in total. The fourth-order valence-electron chi connectivity index (χ4n) is 1.90. The second-order valence-corrected chi connectivity index (χ2v) is 4.80. The average Bonchev–Trinajstić information content (AvgIpc) is 3.10. The minimum absolute atomic E-state index is 0.107. The molecule has 0 saturated heterocycles. The predicted octanol–water partition coefficient (Wildman–Crippen LogP) is 2.20. The van der Waals surface area contributed by atoms with E-state index in [4.69, 9.17) is 5.11 Å². The van der Waals surface area contributed by atoms with Crippen molar-refractivity contribution in [1.29, 1.82) is 0 Å². The molecule has 1 aromatic rings. The van der Waals surface area contributed by atoms with Crippen LogP contribution in [0.2, 0.25) is 0 Å². The van der Waals surface area contributed by atoms with Crippen LogP contribution >= 0.6 is 0 Å². The van der Waals surface area contributed by atoms with E-state index in [1.165, 1.54) is 24.8 Å². The highest BCUT2D eigenvalue weighted by Gasteiger charge is 2.19. The monoisotopic (exact) mass is 233 g/mol. The van der Waals surface area contributed by atoms with Gasteiger partial charge in [-0.2, -0.15) is 0 Å². The Kier molecular flexibility index (Phi) is 4.15. The Bertz CT molecular complexity index is 368. The van der Waals surface area contributed by atoms with E-state index < -0.39 is 5.97 Å². The number of benzene rings is 1. The number of hydrogen-bond donors (Lipinski definition) is 2. The van der Waals surface area contributed by atoms with Crippen molar-refractivity contribution >= 4 is 5.97 Å². The van der Waals surface area contributed by atoms with E-state index >= 15 is 0 Å². The van der Waals surface area contributed by atoms with Crippen molar-refractivity contribution in [3.8, 4) is 0 Å². The fourth-order valence-corrected chi connectivity index (χ4v) is 1.90. The number of carbonyl (C=O) groups is 1. The van der Waals surface area contributed by atoms with Crippen LogP contribution in [-0.4, -0.2) is 17.6 Å². The standard InChI is InChI=1S/C14H19NO2/c16-14(17)9-12-3-5-13(6-4-12)10-15-8-7-11-1-2-11/h3-6,11,15H,1-2,7-10H2,(H,16,17). The molecule has 0 spiro atoms. The van der Waals surface area contributed by atoms with Gasteiger partial charge in [0.1, 0.15) is 0 Å². The summed E-state index contributed by atoms with van der Waals surface area (Å²) < 4.78 is 0. The summed E-state index contributed by atoms with van der Waals surface area (Å²) in [5, 5.41) is 12.1. The van der Waals surface area contributed by atoms with Gasteiger partial charge in [-0.3, -0.25) is 4.79 Å². The van der Waals surface area contributed by atoms with Gasteiger partial charge in [-0.15, -0.1) is 0 Å². The summed E-state index contributed by atoms with van der Waals surface area (Å²) in [4.78, 5) is 10.5. The summed E-state index contributed by atoms with van der Waals surface area (Å²) in [5.41, 5.74) is 2.08. The Morgan fingerprint density at radius 3 is 2.47 bits per heavy atom. The van der Waals surface area contributed by atoms with Crippen LogP contribution in [0.5, 0.6) is 0 Å². The Hall–Kier alpha value is -1.35. The van der Waals surface area contributed by atoms with E-state index in [0.717, 1.165) is 24.6 Å². The molecule has 0 heterocycles. The van der Waals surface area contributed by atoms with E-state index in [0.29, 0.717) is 0 Å². The van der Waals surface area contributed by atoms with Gasteiger partial charge in [0.2, 0.25) is 0 Å². The second-order valence-electron chi connectivity index (χ2n) is 4.80. The zero-order valence-electron chi connectivity index (χ0n) is 9.98. The van der Waals surface area contributed by atoms with Crippen LogP contribution in [0, 0.1) is 5.92 Å². The van der Waals surface area contributed by atoms with Gasteiger partial charge in [-0.25, -0.2) is 0 Å². The van der Waals surface area contributed by atoms with Gasteiger partial charge >= 0.3 is 5.97 Å². The first-order valence-electron chi connectivity index (χ1n) is 6.24. The number of carboxylic acids is 1. The number of nitrogens with one attached hydrogen (secondary N) is 1. The lowest BCUT2D eigenvalue weighted by Gasteiger charge is -2.05. The minimum Gasteiger partial charge on any atom is -0.481 e. The maximum atomic E-state index is 10.5. The van der Waals surface area contributed by atoms with E-state index in [9.17, 15) is 4.79 Å². The maximum absolute atomic E-state index is 10.5. The molecule has 0 aliphatic heterocycles. The summed E-state index contributed by atoms with van der Waals surface area (Å²) in [7, 11) is 0. The first kappa shape index (κ1) is 12.1. The molecule has 0 amide bonds. The molecule has 1 fully saturated rings. The molecular formula is C14H19NO2. The van der Waals surface area contributed by atoms with Crippen LogP contribution in [-0.2, 0) is 17.8 Å². The molecule has 0 radical (unpaired) electrons. The predicted molar refractivity (Wildman–Crippen MR) is 66.8 cm³/mol. The molecule has 1 aliphatic carbocycles. The normalized spacial score (nSPS) is 14.8. The summed E-state index contributed by atoms with van der Waals surface area (Å²) in [6.07, 6.45) is 4.21. The van der Waals surface area contributed by atoms with Gasteiger partial charge in [0.25, 0.3) is 0 Å². The lowest BCUT2D eigenvalue weighted by molar-refractivity contribution is -0.136. The smallest absolute Gasteiger partial charge is 0.307 e. The largest absolute Gasteiger partial charge is 0.481 e. The summed E-state index contributed by atoms with van der Waals surface area (Å²) in [5.74, 6) is 0.195. The Balaban J connectivity index is 1.70. The number of hydrogen-bond acceptors (Lipinski definition) is 2. The Morgan fingerprint density at radius 2 is 1.88 bits per heavy atom. The average molecular weight is 233 g/mol. The van der Waals surface area contributed by atoms with Crippen molar-refractivity contribution < 1.29 is 9.90 Å². The molecule has 0 bridgehead atoms. The van der Waals surface area contributed by atoms with Crippen LogP contribution in [0.1, 0.15) is 30.4 Å². The lowest BCUT2D eigenvalue weighted by atomic mass is 10.1. The highest BCUT2D eigenvalue weighted by atomic mass is 16.4.